The summed E-state index contributed by atoms with van der Waals surface area (Å²) >= 11 is 0. The van der Waals surface area contributed by atoms with E-state index in [4.69, 9.17) is 14.2 Å². The van der Waals surface area contributed by atoms with Gasteiger partial charge in [0.25, 0.3) is 0 Å². The molecule has 0 fully saturated rings. The molecular weight excluding hydrogens is 733 g/mol. The van der Waals surface area contributed by atoms with E-state index in [2.05, 4.69) is 69.4 Å². The van der Waals surface area contributed by atoms with E-state index in [0.717, 1.165) is 83.5 Å². The minimum absolute atomic E-state index is 0.0834. The zero-order valence-electron chi connectivity index (χ0n) is 39.0. The second-order valence-corrected chi connectivity index (χ2v) is 16.7. The van der Waals surface area contributed by atoms with E-state index >= 15 is 0 Å². The molecule has 0 aromatic heterocycles. The van der Waals surface area contributed by atoms with Crippen molar-refractivity contribution < 1.29 is 28.6 Å². The van der Waals surface area contributed by atoms with Crippen LogP contribution in [0, 0.1) is 0 Å². The van der Waals surface area contributed by atoms with E-state index in [1.807, 2.05) is 0 Å². The van der Waals surface area contributed by atoms with Crippen LogP contribution in [0.2, 0.25) is 0 Å². The predicted octanol–water partition coefficient (Wildman–Crippen LogP) is 16.3. The van der Waals surface area contributed by atoms with Crippen molar-refractivity contribution in [2.24, 2.45) is 0 Å². The van der Waals surface area contributed by atoms with Crippen molar-refractivity contribution in [1.29, 1.82) is 0 Å². The largest absolute Gasteiger partial charge is 0.462 e. The van der Waals surface area contributed by atoms with Gasteiger partial charge in [-0.05, 0) is 96.3 Å². The molecule has 0 aliphatic carbocycles. The minimum Gasteiger partial charge on any atom is -0.462 e. The van der Waals surface area contributed by atoms with Crippen molar-refractivity contribution in [3.8, 4) is 0 Å². The molecule has 342 valence electrons. The summed E-state index contributed by atoms with van der Waals surface area (Å²) in [7, 11) is 0. The van der Waals surface area contributed by atoms with Gasteiger partial charge in [0.2, 0.25) is 0 Å². The Morgan fingerprint density at radius 1 is 0.339 bits per heavy atom. The van der Waals surface area contributed by atoms with Gasteiger partial charge < -0.3 is 14.2 Å². The molecule has 6 heteroatoms. The highest BCUT2D eigenvalue weighted by Gasteiger charge is 2.19. The normalized spacial score (nSPS) is 12.4. The number of unbranched alkanes of at least 4 members (excludes halogenated alkanes) is 26. The lowest BCUT2D eigenvalue weighted by Gasteiger charge is -2.18. The molecule has 0 spiro atoms. The summed E-state index contributed by atoms with van der Waals surface area (Å²) in [5.74, 6) is -0.907. The quantitative estimate of drug-likeness (QED) is 0.0263. The average molecular weight is 827 g/mol. The fraction of sp³-hybridized carbons (Fsp3) is 0.792. The number of ether oxygens (including phenoxy) is 3. The number of rotatable bonds is 45. The monoisotopic (exact) mass is 827 g/mol. The summed E-state index contributed by atoms with van der Waals surface area (Å²) in [6.07, 6.45) is 56.6. The third kappa shape index (κ3) is 46.3. The molecule has 0 saturated heterocycles. The molecule has 59 heavy (non-hydrogen) atoms. The highest BCUT2D eigenvalue weighted by Crippen LogP contribution is 2.14. The Labute approximate surface area is 365 Å². The van der Waals surface area contributed by atoms with Gasteiger partial charge in [-0.2, -0.15) is 0 Å². The SMILES string of the molecule is CCCC/C=C\CCCCCCCC(=O)OC[C@@H](COC(=O)CCCCCCC/C=C\C/C=C\CCCCC)OC(=O)CCCCCCCCC/C=C\CCCCCC. The van der Waals surface area contributed by atoms with Crippen LogP contribution in [0.4, 0.5) is 0 Å². The van der Waals surface area contributed by atoms with Gasteiger partial charge in [-0.15, -0.1) is 0 Å². The fourth-order valence-corrected chi connectivity index (χ4v) is 6.92. The Morgan fingerprint density at radius 2 is 0.627 bits per heavy atom. The number of allylic oxidation sites excluding steroid dienone is 8. The van der Waals surface area contributed by atoms with Crippen LogP contribution in [0.15, 0.2) is 48.6 Å². The molecule has 0 radical (unpaired) electrons. The third-order valence-electron chi connectivity index (χ3n) is 10.8. The average Bonchev–Trinajstić information content (AvgIpc) is 3.23. The summed E-state index contributed by atoms with van der Waals surface area (Å²) in [5.41, 5.74) is 0. The summed E-state index contributed by atoms with van der Waals surface area (Å²) in [6, 6.07) is 0. The van der Waals surface area contributed by atoms with Crippen molar-refractivity contribution in [1.82, 2.24) is 0 Å². The number of hydrogen-bond donors (Lipinski definition) is 0. The fourth-order valence-electron chi connectivity index (χ4n) is 6.92. The van der Waals surface area contributed by atoms with Gasteiger partial charge in [0, 0.05) is 19.3 Å². The van der Waals surface area contributed by atoms with Gasteiger partial charge in [-0.25, -0.2) is 0 Å². The van der Waals surface area contributed by atoms with Crippen LogP contribution in [-0.2, 0) is 28.6 Å². The van der Waals surface area contributed by atoms with Crippen molar-refractivity contribution in [2.75, 3.05) is 13.2 Å². The molecular formula is C53H94O6. The summed E-state index contributed by atoms with van der Waals surface area (Å²) in [4.78, 5) is 37.9. The molecule has 1 atom stereocenters. The number of carbonyl (C=O) groups excluding carboxylic acids is 3. The van der Waals surface area contributed by atoms with Gasteiger partial charge in [0.05, 0.1) is 0 Å². The molecule has 0 aromatic carbocycles. The molecule has 0 aliphatic rings. The standard InChI is InChI=1S/C53H94O6/c1-4-7-10-13-16-19-22-24-26-28-31-34-37-40-43-46-52(55)58-49-50(48-57-51(54)45-42-39-36-33-30-21-18-15-12-9-6-3)59-53(56)47-44-41-38-35-32-29-27-25-23-20-17-14-11-8-5-2/h15-16,18-20,23-24,26,50H,4-14,17,21-22,25,27-49H2,1-3H3/b18-15-,19-16-,23-20-,26-24-/t50-/m0/s1. The van der Waals surface area contributed by atoms with Gasteiger partial charge in [-0.1, -0.05) is 185 Å². The first-order valence-corrected chi connectivity index (χ1v) is 25.1. The van der Waals surface area contributed by atoms with Gasteiger partial charge in [0.15, 0.2) is 6.10 Å². The van der Waals surface area contributed by atoms with Crippen LogP contribution in [-0.4, -0.2) is 37.2 Å². The van der Waals surface area contributed by atoms with Crippen molar-refractivity contribution in [2.45, 2.75) is 258 Å². The maximum atomic E-state index is 12.8. The van der Waals surface area contributed by atoms with Crippen LogP contribution in [0.3, 0.4) is 0 Å². The molecule has 6 nitrogen and oxygen atoms in total. The third-order valence-corrected chi connectivity index (χ3v) is 10.8. The van der Waals surface area contributed by atoms with Gasteiger partial charge in [-0.3, -0.25) is 14.4 Å². The van der Waals surface area contributed by atoms with Crippen LogP contribution in [0.25, 0.3) is 0 Å². The number of hydrogen-bond acceptors (Lipinski definition) is 6. The maximum absolute atomic E-state index is 12.8. The van der Waals surface area contributed by atoms with E-state index in [0.29, 0.717) is 19.3 Å². The van der Waals surface area contributed by atoms with Gasteiger partial charge >= 0.3 is 17.9 Å². The van der Waals surface area contributed by atoms with Crippen molar-refractivity contribution >= 4 is 17.9 Å². The molecule has 0 unspecified atom stereocenters. The zero-order chi connectivity index (χ0) is 43.0. The molecule has 0 amide bonds. The van der Waals surface area contributed by atoms with Crippen LogP contribution >= 0.6 is 0 Å². The van der Waals surface area contributed by atoms with Crippen LogP contribution in [0.5, 0.6) is 0 Å². The Bertz CT molecular complexity index is 1040. The van der Waals surface area contributed by atoms with E-state index in [1.54, 1.807) is 0 Å². The summed E-state index contributed by atoms with van der Waals surface area (Å²) < 4.78 is 16.7. The first-order valence-electron chi connectivity index (χ1n) is 25.1. The Balaban J connectivity index is 4.40. The van der Waals surface area contributed by atoms with Crippen molar-refractivity contribution in [3.63, 3.8) is 0 Å². The Morgan fingerprint density at radius 3 is 1.03 bits per heavy atom. The van der Waals surface area contributed by atoms with E-state index in [1.165, 1.54) is 128 Å². The molecule has 0 bridgehead atoms. The van der Waals surface area contributed by atoms with Crippen LogP contribution < -0.4 is 0 Å². The Kier molecular flexibility index (Phi) is 45.9. The first-order chi connectivity index (χ1) is 29.0. The molecule has 0 heterocycles. The topological polar surface area (TPSA) is 78.9 Å². The lowest BCUT2D eigenvalue weighted by Crippen LogP contribution is -2.30. The van der Waals surface area contributed by atoms with Crippen molar-refractivity contribution in [3.05, 3.63) is 48.6 Å². The number of esters is 3. The lowest BCUT2D eigenvalue weighted by molar-refractivity contribution is -0.167. The molecule has 0 rings (SSSR count). The second kappa shape index (κ2) is 48.0. The van der Waals surface area contributed by atoms with Gasteiger partial charge in [0.1, 0.15) is 13.2 Å². The first kappa shape index (κ1) is 56.4. The van der Waals surface area contributed by atoms with E-state index in [9.17, 15) is 14.4 Å². The predicted molar refractivity (Wildman–Crippen MR) is 252 cm³/mol. The molecule has 0 aliphatic heterocycles. The molecule has 0 N–H and O–H groups in total. The highest BCUT2D eigenvalue weighted by molar-refractivity contribution is 5.71. The highest BCUT2D eigenvalue weighted by atomic mass is 16.6. The number of carbonyl (C=O) groups is 3. The smallest absolute Gasteiger partial charge is 0.306 e. The lowest BCUT2D eigenvalue weighted by atomic mass is 10.1. The van der Waals surface area contributed by atoms with E-state index < -0.39 is 6.10 Å². The minimum atomic E-state index is -0.782. The van der Waals surface area contributed by atoms with E-state index in [-0.39, 0.29) is 31.1 Å². The zero-order valence-corrected chi connectivity index (χ0v) is 39.0. The summed E-state index contributed by atoms with van der Waals surface area (Å²) in [5, 5.41) is 0. The molecule has 0 saturated carbocycles. The Hall–Kier alpha value is -2.63. The molecule has 0 aromatic rings. The second-order valence-electron chi connectivity index (χ2n) is 16.7. The van der Waals surface area contributed by atoms with Crippen LogP contribution in [0.1, 0.15) is 252 Å². The summed E-state index contributed by atoms with van der Waals surface area (Å²) in [6.45, 7) is 6.54. The maximum Gasteiger partial charge on any atom is 0.306 e.